The van der Waals surface area contributed by atoms with Gasteiger partial charge in [-0.1, -0.05) is 6.07 Å². The molecule has 0 N–H and O–H groups in total. The van der Waals surface area contributed by atoms with E-state index in [1.165, 1.54) is 31.4 Å². The second kappa shape index (κ2) is 4.13. The maximum atomic E-state index is 13.6. The minimum atomic E-state index is -1.12. The van der Waals surface area contributed by atoms with Gasteiger partial charge in [0.1, 0.15) is 5.76 Å². The maximum absolute atomic E-state index is 13.6. The van der Waals surface area contributed by atoms with Crippen molar-refractivity contribution in [3.63, 3.8) is 0 Å². The molecule has 0 aliphatic carbocycles. The van der Waals surface area contributed by atoms with Crippen molar-refractivity contribution in [1.29, 1.82) is 0 Å². The second-order valence-electron chi connectivity index (χ2n) is 3.78. The number of aryl methyl sites for hydroxylation is 2. The fourth-order valence-electron chi connectivity index (χ4n) is 1.59. The van der Waals surface area contributed by atoms with Gasteiger partial charge in [0.2, 0.25) is 0 Å². The van der Waals surface area contributed by atoms with Crippen molar-refractivity contribution in [2.24, 2.45) is 0 Å². The molecule has 1 aromatic carbocycles. The van der Waals surface area contributed by atoms with Gasteiger partial charge in [-0.15, -0.1) is 0 Å². The molecule has 17 heavy (non-hydrogen) atoms. The first kappa shape index (κ1) is 11.5. The van der Waals surface area contributed by atoms with Gasteiger partial charge >= 0.3 is 0 Å². The van der Waals surface area contributed by atoms with Gasteiger partial charge in [0.25, 0.3) is 0 Å². The molecule has 0 spiro atoms. The van der Waals surface area contributed by atoms with Crippen LogP contribution in [0.25, 0.3) is 0 Å². The Labute approximate surface area is 96.9 Å². The van der Waals surface area contributed by atoms with Gasteiger partial charge in [0.15, 0.2) is 17.4 Å². The van der Waals surface area contributed by atoms with E-state index < -0.39 is 17.4 Å². The van der Waals surface area contributed by atoms with Gasteiger partial charge in [-0.25, -0.2) is 8.78 Å². The highest BCUT2D eigenvalue weighted by Crippen LogP contribution is 2.20. The minimum absolute atomic E-state index is 0.169. The van der Waals surface area contributed by atoms with E-state index in [1.807, 2.05) is 0 Å². The van der Waals surface area contributed by atoms with Crippen LogP contribution in [0.15, 0.2) is 28.9 Å². The van der Waals surface area contributed by atoms with Gasteiger partial charge in [0, 0.05) is 0 Å². The van der Waals surface area contributed by atoms with Crippen LogP contribution in [-0.2, 0) is 0 Å². The number of ketones is 1. The number of carbonyl (C=O) groups is 1. The Hall–Kier alpha value is -1.97. The quantitative estimate of drug-likeness (QED) is 0.748. The standard InChI is InChI=1S/C13H10F2O2/c1-7-3-4-10(12(15)11(7)14)13(16)9-5-6-17-8(9)2/h3-6H,1-2H3. The van der Waals surface area contributed by atoms with Crippen molar-refractivity contribution in [3.8, 4) is 0 Å². The molecule has 0 aliphatic rings. The highest BCUT2D eigenvalue weighted by molar-refractivity contribution is 6.09. The molecular formula is C13H10F2O2. The fourth-order valence-corrected chi connectivity index (χ4v) is 1.59. The zero-order valence-electron chi connectivity index (χ0n) is 9.38. The maximum Gasteiger partial charge on any atom is 0.199 e. The zero-order valence-corrected chi connectivity index (χ0v) is 9.38. The van der Waals surface area contributed by atoms with E-state index in [4.69, 9.17) is 4.42 Å². The van der Waals surface area contributed by atoms with Gasteiger partial charge in [-0.2, -0.15) is 0 Å². The van der Waals surface area contributed by atoms with Crippen LogP contribution in [0.5, 0.6) is 0 Å². The molecule has 1 aromatic heterocycles. The van der Waals surface area contributed by atoms with Crippen LogP contribution in [0.3, 0.4) is 0 Å². The predicted molar refractivity (Wildman–Crippen MR) is 58.0 cm³/mol. The Morgan fingerprint density at radius 3 is 2.35 bits per heavy atom. The van der Waals surface area contributed by atoms with Crippen LogP contribution < -0.4 is 0 Å². The number of benzene rings is 1. The Bertz CT molecular complexity index is 585. The second-order valence-corrected chi connectivity index (χ2v) is 3.78. The van der Waals surface area contributed by atoms with Crippen molar-refractivity contribution in [1.82, 2.24) is 0 Å². The van der Waals surface area contributed by atoms with Crippen LogP contribution in [0.1, 0.15) is 27.2 Å². The van der Waals surface area contributed by atoms with E-state index in [9.17, 15) is 13.6 Å². The lowest BCUT2D eigenvalue weighted by atomic mass is 10.0. The van der Waals surface area contributed by atoms with Gasteiger partial charge in [0.05, 0.1) is 17.4 Å². The van der Waals surface area contributed by atoms with Gasteiger partial charge in [-0.3, -0.25) is 4.79 Å². The van der Waals surface area contributed by atoms with Crippen molar-refractivity contribution >= 4 is 5.78 Å². The Morgan fingerprint density at radius 1 is 1.06 bits per heavy atom. The molecule has 0 amide bonds. The first-order valence-corrected chi connectivity index (χ1v) is 5.05. The number of rotatable bonds is 2. The number of carbonyl (C=O) groups excluding carboxylic acids is 1. The van der Waals surface area contributed by atoms with Crippen LogP contribution in [-0.4, -0.2) is 5.78 Å². The lowest BCUT2D eigenvalue weighted by Gasteiger charge is -2.04. The van der Waals surface area contributed by atoms with E-state index in [1.54, 1.807) is 6.92 Å². The Kier molecular flexibility index (Phi) is 2.79. The number of hydrogen-bond acceptors (Lipinski definition) is 2. The zero-order chi connectivity index (χ0) is 12.6. The van der Waals surface area contributed by atoms with Crippen molar-refractivity contribution in [3.05, 3.63) is 58.5 Å². The lowest BCUT2D eigenvalue weighted by Crippen LogP contribution is -2.07. The molecule has 2 aromatic rings. The summed E-state index contributed by atoms with van der Waals surface area (Å²) in [4.78, 5) is 11.9. The predicted octanol–water partition coefficient (Wildman–Crippen LogP) is 3.41. The third kappa shape index (κ3) is 1.86. The smallest absolute Gasteiger partial charge is 0.199 e. The van der Waals surface area contributed by atoms with Crippen molar-refractivity contribution in [2.75, 3.05) is 0 Å². The molecule has 0 unspecified atom stereocenters. The van der Waals surface area contributed by atoms with Crippen LogP contribution in [0.4, 0.5) is 8.78 Å². The van der Waals surface area contributed by atoms with E-state index in [-0.39, 0.29) is 16.7 Å². The first-order chi connectivity index (χ1) is 8.02. The topological polar surface area (TPSA) is 30.2 Å². The van der Waals surface area contributed by atoms with Crippen molar-refractivity contribution in [2.45, 2.75) is 13.8 Å². The molecule has 0 saturated carbocycles. The molecule has 88 valence electrons. The molecule has 2 rings (SSSR count). The minimum Gasteiger partial charge on any atom is -0.469 e. The summed E-state index contributed by atoms with van der Waals surface area (Å²) in [5.74, 6) is -2.30. The monoisotopic (exact) mass is 236 g/mol. The fraction of sp³-hybridized carbons (Fsp3) is 0.154. The average Bonchev–Trinajstić information content (AvgIpc) is 2.72. The molecular weight excluding hydrogens is 226 g/mol. The Balaban J connectivity index is 2.53. The number of furan rings is 1. The summed E-state index contributed by atoms with van der Waals surface area (Å²) in [6, 6.07) is 4.10. The molecule has 0 aliphatic heterocycles. The normalized spacial score (nSPS) is 10.6. The summed E-state index contributed by atoms with van der Waals surface area (Å²) in [6.45, 7) is 3.03. The molecule has 0 fully saturated rings. The van der Waals surface area contributed by atoms with Crippen molar-refractivity contribution < 1.29 is 18.0 Å². The average molecular weight is 236 g/mol. The molecule has 1 heterocycles. The summed E-state index contributed by atoms with van der Waals surface area (Å²) in [7, 11) is 0. The van der Waals surface area contributed by atoms with Crippen LogP contribution in [0.2, 0.25) is 0 Å². The molecule has 2 nitrogen and oxygen atoms in total. The summed E-state index contributed by atoms with van der Waals surface area (Å²) in [6.07, 6.45) is 1.34. The molecule has 0 radical (unpaired) electrons. The van der Waals surface area contributed by atoms with Crippen LogP contribution >= 0.6 is 0 Å². The summed E-state index contributed by atoms with van der Waals surface area (Å²) in [5.41, 5.74) is 0.132. The molecule has 0 atom stereocenters. The molecule has 4 heteroatoms. The molecule has 0 bridgehead atoms. The lowest BCUT2D eigenvalue weighted by molar-refractivity contribution is 0.103. The van der Waals surface area contributed by atoms with Gasteiger partial charge < -0.3 is 4.42 Å². The summed E-state index contributed by atoms with van der Waals surface area (Å²) >= 11 is 0. The van der Waals surface area contributed by atoms with E-state index in [0.717, 1.165) is 0 Å². The third-order valence-corrected chi connectivity index (χ3v) is 2.62. The summed E-state index contributed by atoms with van der Waals surface area (Å²) in [5, 5.41) is 0. The van der Waals surface area contributed by atoms with E-state index >= 15 is 0 Å². The Morgan fingerprint density at radius 2 is 1.76 bits per heavy atom. The SMILES string of the molecule is Cc1ccc(C(=O)c2ccoc2C)c(F)c1F. The van der Waals surface area contributed by atoms with Crippen LogP contribution in [0, 0.1) is 25.5 Å². The summed E-state index contributed by atoms with van der Waals surface area (Å²) < 4.78 is 31.9. The van der Waals surface area contributed by atoms with Gasteiger partial charge in [-0.05, 0) is 31.5 Å². The highest BCUT2D eigenvalue weighted by Gasteiger charge is 2.20. The molecule has 0 saturated heterocycles. The highest BCUT2D eigenvalue weighted by atomic mass is 19.2. The third-order valence-electron chi connectivity index (χ3n) is 2.62. The number of halogens is 2. The number of hydrogen-bond donors (Lipinski definition) is 0. The first-order valence-electron chi connectivity index (χ1n) is 5.05. The van der Waals surface area contributed by atoms with E-state index in [0.29, 0.717) is 5.76 Å². The largest absolute Gasteiger partial charge is 0.469 e. The van der Waals surface area contributed by atoms with E-state index in [2.05, 4.69) is 0 Å².